The monoisotopic (exact) mass is 418 g/mol. The van der Waals surface area contributed by atoms with Crippen LogP contribution < -0.4 is 25.4 Å². The highest BCUT2D eigenvalue weighted by Gasteiger charge is 2.06. The molecule has 0 aliphatic rings. The van der Waals surface area contributed by atoms with Gasteiger partial charge < -0.3 is 25.4 Å². The smallest absolute Gasteiger partial charge is 0.221 e. The van der Waals surface area contributed by atoms with Gasteiger partial charge in [0.2, 0.25) is 5.91 Å². The molecule has 2 aromatic carbocycles. The van der Waals surface area contributed by atoms with Crippen LogP contribution in [0, 0.1) is 0 Å². The van der Waals surface area contributed by atoms with E-state index >= 15 is 0 Å². The minimum Gasteiger partial charge on any atom is -0.492 e. The topological polar surface area (TPSA) is 84.0 Å². The van der Waals surface area contributed by atoms with Crippen molar-refractivity contribution in [1.82, 2.24) is 10.6 Å². The SMILES string of the molecule is CN=C(NCCOc1cccc(NC(C)=O)c1)NCC(C)Oc1ccc(Cl)cc1. The van der Waals surface area contributed by atoms with Crippen LogP contribution in [0.4, 0.5) is 5.69 Å². The molecule has 0 radical (unpaired) electrons. The van der Waals surface area contributed by atoms with Gasteiger partial charge in [-0.2, -0.15) is 0 Å². The average molecular weight is 419 g/mol. The number of amides is 1. The first-order chi connectivity index (χ1) is 14.0. The largest absolute Gasteiger partial charge is 0.492 e. The van der Waals surface area contributed by atoms with Crippen molar-refractivity contribution in [2.75, 3.05) is 32.1 Å². The fourth-order valence-corrected chi connectivity index (χ4v) is 2.58. The third-order valence-electron chi connectivity index (χ3n) is 3.75. The minimum atomic E-state index is -0.118. The van der Waals surface area contributed by atoms with Gasteiger partial charge in [0.25, 0.3) is 0 Å². The molecule has 0 heterocycles. The molecular formula is C21H27ClN4O3. The lowest BCUT2D eigenvalue weighted by Crippen LogP contribution is -2.43. The molecule has 8 heteroatoms. The Labute approximate surface area is 176 Å². The van der Waals surface area contributed by atoms with E-state index in [1.54, 1.807) is 25.2 Å². The number of hydrogen-bond donors (Lipinski definition) is 3. The van der Waals surface area contributed by atoms with Gasteiger partial charge in [-0.05, 0) is 43.3 Å². The fraction of sp³-hybridized carbons (Fsp3) is 0.333. The summed E-state index contributed by atoms with van der Waals surface area (Å²) in [6, 6.07) is 14.5. The summed E-state index contributed by atoms with van der Waals surface area (Å²) in [5.74, 6) is 1.99. The van der Waals surface area contributed by atoms with Gasteiger partial charge in [0, 0.05) is 30.7 Å². The van der Waals surface area contributed by atoms with Gasteiger partial charge in [-0.1, -0.05) is 17.7 Å². The van der Waals surface area contributed by atoms with Crippen molar-refractivity contribution in [3.63, 3.8) is 0 Å². The molecule has 0 fully saturated rings. The van der Waals surface area contributed by atoms with E-state index in [9.17, 15) is 4.79 Å². The van der Waals surface area contributed by atoms with Crippen molar-refractivity contribution in [2.24, 2.45) is 4.99 Å². The van der Waals surface area contributed by atoms with Crippen molar-refractivity contribution in [2.45, 2.75) is 20.0 Å². The Hall–Kier alpha value is -2.93. The molecule has 0 aliphatic carbocycles. The number of ether oxygens (including phenoxy) is 2. The molecule has 1 amide bonds. The lowest BCUT2D eigenvalue weighted by molar-refractivity contribution is -0.114. The first kappa shape index (κ1) is 22.4. The second kappa shape index (κ2) is 11.8. The van der Waals surface area contributed by atoms with Crippen molar-refractivity contribution in [1.29, 1.82) is 0 Å². The van der Waals surface area contributed by atoms with E-state index in [-0.39, 0.29) is 12.0 Å². The molecule has 0 aromatic heterocycles. The summed E-state index contributed by atoms with van der Waals surface area (Å²) in [6.45, 7) is 5.04. The van der Waals surface area contributed by atoms with Crippen molar-refractivity contribution in [3.8, 4) is 11.5 Å². The standard InChI is InChI=1S/C21H27ClN4O3/c1-15(29-19-9-7-17(22)8-10-19)14-25-21(23-3)24-11-12-28-20-6-4-5-18(13-20)26-16(2)27/h4-10,13,15H,11-12,14H2,1-3H3,(H,26,27)(H2,23,24,25). The zero-order valence-corrected chi connectivity index (χ0v) is 17.6. The molecule has 0 bridgehead atoms. The second-order valence-electron chi connectivity index (χ2n) is 6.32. The number of guanidine groups is 1. The molecule has 29 heavy (non-hydrogen) atoms. The molecule has 0 saturated heterocycles. The first-order valence-electron chi connectivity index (χ1n) is 9.33. The maximum atomic E-state index is 11.1. The lowest BCUT2D eigenvalue weighted by atomic mass is 10.3. The van der Waals surface area contributed by atoms with Gasteiger partial charge in [-0.3, -0.25) is 9.79 Å². The van der Waals surface area contributed by atoms with Crippen LogP contribution in [0.3, 0.4) is 0 Å². The number of anilines is 1. The molecule has 0 spiro atoms. The van der Waals surface area contributed by atoms with Crippen LogP contribution >= 0.6 is 11.6 Å². The van der Waals surface area contributed by atoms with E-state index in [0.29, 0.717) is 42.1 Å². The number of carbonyl (C=O) groups is 1. The maximum absolute atomic E-state index is 11.1. The number of hydrogen-bond acceptors (Lipinski definition) is 4. The van der Waals surface area contributed by atoms with Crippen LogP contribution in [-0.2, 0) is 4.79 Å². The summed E-state index contributed by atoms with van der Waals surface area (Å²) in [6.07, 6.45) is -0.0532. The van der Waals surface area contributed by atoms with Crippen LogP contribution in [-0.4, -0.2) is 44.7 Å². The molecule has 1 unspecified atom stereocenters. The van der Waals surface area contributed by atoms with Gasteiger partial charge >= 0.3 is 0 Å². The number of halogens is 1. The summed E-state index contributed by atoms with van der Waals surface area (Å²) < 4.78 is 11.5. The Kier molecular flexibility index (Phi) is 9.11. The zero-order chi connectivity index (χ0) is 21.1. The van der Waals surface area contributed by atoms with Crippen LogP contribution in [0.25, 0.3) is 0 Å². The molecule has 0 saturated carbocycles. The van der Waals surface area contributed by atoms with E-state index < -0.39 is 0 Å². The van der Waals surface area contributed by atoms with Crippen LogP contribution in [0.2, 0.25) is 5.02 Å². The fourth-order valence-electron chi connectivity index (χ4n) is 2.45. The predicted octanol–water partition coefficient (Wildman–Crippen LogP) is 3.31. The number of nitrogens with zero attached hydrogens (tertiary/aromatic N) is 1. The summed E-state index contributed by atoms with van der Waals surface area (Å²) >= 11 is 5.88. The van der Waals surface area contributed by atoms with Crippen LogP contribution in [0.15, 0.2) is 53.5 Å². The van der Waals surface area contributed by atoms with E-state index in [1.807, 2.05) is 37.3 Å². The van der Waals surface area contributed by atoms with Gasteiger partial charge in [0.05, 0.1) is 13.1 Å². The Morgan fingerprint density at radius 3 is 2.59 bits per heavy atom. The second-order valence-corrected chi connectivity index (χ2v) is 6.76. The molecule has 3 N–H and O–H groups in total. The Morgan fingerprint density at radius 1 is 1.14 bits per heavy atom. The van der Waals surface area contributed by atoms with Gasteiger partial charge in [0.1, 0.15) is 24.2 Å². The van der Waals surface area contributed by atoms with Crippen molar-refractivity contribution in [3.05, 3.63) is 53.6 Å². The highest BCUT2D eigenvalue weighted by molar-refractivity contribution is 6.30. The normalized spacial score (nSPS) is 12.1. The minimum absolute atomic E-state index is 0.0532. The van der Waals surface area contributed by atoms with E-state index in [0.717, 1.165) is 5.75 Å². The Bertz CT molecular complexity index is 812. The molecule has 7 nitrogen and oxygen atoms in total. The van der Waals surface area contributed by atoms with Crippen LogP contribution in [0.5, 0.6) is 11.5 Å². The number of rotatable bonds is 9. The Morgan fingerprint density at radius 2 is 1.90 bits per heavy atom. The summed E-state index contributed by atoms with van der Waals surface area (Å²) in [5.41, 5.74) is 0.704. The summed E-state index contributed by atoms with van der Waals surface area (Å²) in [4.78, 5) is 15.3. The first-order valence-corrected chi connectivity index (χ1v) is 9.71. The van der Waals surface area contributed by atoms with E-state index in [1.165, 1.54) is 6.92 Å². The molecule has 1 atom stereocenters. The number of benzene rings is 2. The van der Waals surface area contributed by atoms with Gasteiger partial charge in [-0.25, -0.2) is 0 Å². The Balaban J connectivity index is 1.68. The summed E-state index contributed by atoms with van der Waals surface area (Å²) in [7, 11) is 1.71. The lowest BCUT2D eigenvalue weighted by Gasteiger charge is -2.18. The van der Waals surface area contributed by atoms with Crippen LogP contribution in [0.1, 0.15) is 13.8 Å². The highest BCUT2D eigenvalue weighted by atomic mass is 35.5. The van der Waals surface area contributed by atoms with Gasteiger partial charge in [-0.15, -0.1) is 0 Å². The van der Waals surface area contributed by atoms with E-state index in [2.05, 4.69) is 20.9 Å². The van der Waals surface area contributed by atoms with Gasteiger partial charge in [0.15, 0.2) is 5.96 Å². The molecule has 156 valence electrons. The quantitative estimate of drug-likeness (QED) is 0.330. The molecular weight excluding hydrogens is 392 g/mol. The molecule has 2 aromatic rings. The van der Waals surface area contributed by atoms with Crippen molar-refractivity contribution < 1.29 is 14.3 Å². The number of nitrogens with one attached hydrogen (secondary N) is 3. The number of carbonyl (C=O) groups excluding carboxylic acids is 1. The third-order valence-corrected chi connectivity index (χ3v) is 4.00. The summed E-state index contributed by atoms with van der Waals surface area (Å²) in [5, 5.41) is 9.81. The van der Waals surface area contributed by atoms with E-state index in [4.69, 9.17) is 21.1 Å². The maximum Gasteiger partial charge on any atom is 0.221 e. The third kappa shape index (κ3) is 8.74. The highest BCUT2D eigenvalue weighted by Crippen LogP contribution is 2.17. The average Bonchev–Trinajstić information content (AvgIpc) is 2.69. The molecule has 2 rings (SSSR count). The zero-order valence-electron chi connectivity index (χ0n) is 16.9. The predicted molar refractivity (Wildman–Crippen MR) is 117 cm³/mol. The van der Waals surface area contributed by atoms with Crippen molar-refractivity contribution >= 4 is 29.2 Å². The molecule has 0 aliphatic heterocycles. The number of aliphatic imine (C=N–C) groups is 1.